The van der Waals surface area contributed by atoms with E-state index in [1.807, 2.05) is 6.92 Å². The van der Waals surface area contributed by atoms with Crippen LogP contribution in [0.15, 0.2) is 0 Å². The molecule has 17 heavy (non-hydrogen) atoms. The summed E-state index contributed by atoms with van der Waals surface area (Å²) < 4.78 is 5.04. The first kappa shape index (κ1) is 12.8. The maximum atomic E-state index is 11.6. The van der Waals surface area contributed by atoms with Crippen molar-refractivity contribution in [1.29, 1.82) is 0 Å². The van der Waals surface area contributed by atoms with Crippen LogP contribution < -0.4 is 5.32 Å². The Labute approximate surface area is 104 Å². The highest BCUT2D eigenvalue weighted by Gasteiger charge is 2.36. The molecule has 0 spiro atoms. The van der Waals surface area contributed by atoms with Gasteiger partial charge in [0.05, 0.1) is 13.2 Å². The summed E-state index contributed by atoms with van der Waals surface area (Å²) in [4.78, 5) is 13.8. The molecule has 2 fully saturated rings. The molecule has 2 bridgehead atoms. The predicted molar refractivity (Wildman–Crippen MR) is 66.8 cm³/mol. The van der Waals surface area contributed by atoms with E-state index in [-0.39, 0.29) is 5.97 Å². The Bertz CT molecular complexity index is 258. The number of carbonyl (C=O) groups is 1. The molecule has 2 heterocycles. The van der Waals surface area contributed by atoms with E-state index in [0.717, 1.165) is 6.54 Å². The van der Waals surface area contributed by atoms with E-state index in [1.165, 1.54) is 25.7 Å². The maximum Gasteiger partial charge on any atom is 0.320 e. The van der Waals surface area contributed by atoms with E-state index in [9.17, 15) is 4.79 Å². The molecule has 98 valence electrons. The molecular formula is C13H24N2O2. The van der Waals surface area contributed by atoms with Crippen LogP contribution in [0.25, 0.3) is 0 Å². The number of rotatable bonds is 5. The van der Waals surface area contributed by atoms with Gasteiger partial charge in [-0.2, -0.15) is 0 Å². The fourth-order valence-corrected chi connectivity index (χ4v) is 3.20. The van der Waals surface area contributed by atoms with Crippen LogP contribution in [-0.4, -0.2) is 48.7 Å². The van der Waals surface area contributed by atoms with Gasteiger partial charge in [0.25, 0.3) is 0 Å². The molecule has 1 N–H and O–H groups in total. The van der Waals surface area contributed by atoms with E-state index in [2.05, 4.69) is 17.1 Å². The number of esters is 1. The number of hydrogen-bond acceptors (Lipinski definition) is 4. The van der Waals surface area contributed by atoms with E-state index in [0.29, 0.717) is 31.3 Å². The molecule has 0 aliphatic carbocycles. The van der Waals surface area contributed by atoms with Crippen LogP contribution in [-0.2, 0) is 9.53 Å². The van der Waals surface area contributed by atoms with Crippen molar-refractivity contribution in [2.75, 3.05) is 19.7 Å². The van der Waals surface area contributed by atoms with E-state index >= 15 is 0 Å². The first-order valence-electron chi connectivity index (χ1n) is 6.88. The SMILES string of the molecule is CCOC(=O)CN(CC)C1CC2CCC(C1)N2. The zero-order valence-corrected chi connectivity index (χ0v) is 10.9. The summed E-state index contributed by atoms with van der Waals surface area (Å²) in [5.74, 6) is -0.0831. The molecule has 2 aliphatic heterocycles. The molecule has 2 unspecified atom stereocenters. The molecule has 2 saturated heterocycles. The van der Waals surface area contributed by atoms with Crippen LogP contribution in [0.4, 0.5) is 0 Å². The standard InChI is InChI=1S/C13H24N2O2/c1-3-15(9-13(16)17-4-2)12-7-10-5-6-11(8-12)14-10/h10-12,14H,3-9H2,1-2H3. The lowest BCUT2D eigenvalue weighted by molar-refractivity contribution is -0.145. The summed E-state index contributed by atoms with van der Waals surface area (Å²) in [6.07, 6.45) is 4.98. The van der Waals surface area contributed by atoms with Crippen LogP contribution in [0.2, 0.25) is 0 Å². The number of carbonyl (C=O) groups excluding carboxylic acids is 1. The molecule has 2 rings (SSSR count). The van der Waals surface area contributed by atoms with Crippen molar-refractivity contribution in [2.24, 2.45) is 0 Å². The number of fused-ring (bicyclic) bond motifs is 2. The summed E-state index contributed by atoms with van der Waals surface area (Å²) in [6, 6.07) is 1.91. The Morgan fingerprint density at radius 2 is 1.94 bits per heavy atom. The van der Waals surface area contributed by atoms with Gasteiger partial charge in [0.2, 0.25) is 0 Å². The normalized spacial score (nSPS) is 31.8. The van der Waals surface area contributed by atoms with Crippen LogP contribution in [0.1, 0.15) is 39.5 Å². The van der Waals surface area contributed by atoms with Gasteiger partial charge < -0.3 is 10.1 Å². The maximum absolute atomic E-state index is 11.6. The number of nitrogens with one attached hydrogen (secondary N) is 1. The van der Waals surface area contributed by atoms with Crippen molar-refractivity contribution in [3.63, 3.8) is 0 Å². The lowest BCUT2D eigenvalue weighted by Crippen LogP contribution is -2.49. The van der Waals surface area contributed by atoms with Crippen molar-refractivity contribution in [3.05, 3.63) is 0 Å². The summed E-state index contributed by atoms with van der Waals surface area (Å²) in [5, 5.41) is 3.63. The van der Waals surface area contributed by atoms with Crippen LogP contribution >= 0.6 is 0 Å². The molecule has 0 radical (unpaired) electrons. The first-order chi connectivity index (χ1) is 8.22. The second-order valence-corrected chi connectivity index (χ2v) is 5.13. The van der Waals surface area contributed by atoms with Gasteiger partial charge >= 0.3 is 5.97 Å². The number of piperidine rings is 1. The Morgan fingerprint density at radius 1 is 1.29 bits per heavy atom. The number of ether oxygens (including phenoxy) is 1. The zero-order valence-electron chi connectivity index (χ0n) is 10.9. The lowest BCUT2D eigenvalue weighted by atomic mass is 9.98. The highest BCUT2D eigenvalue weighted by molar-refractivity contribution is 5.71. The van der Waals surface area contributed by atoms with E-state index in [1.54, 1.807) is 0 Å². The Balaban J connectivity index is 1.87. The molecular weight excluding hydrogens is 216 g/mol. The van der Waals surface area contributed by atoms with Gasteiger partial charge in [0, 0.05) is 18.1 Å². The van der Waals surface area contributed by atoms with Crippen molar-refractivity contribution in [2.45, 2.75) is 57.7 Å². The third-order valence-corrected chi connectivity index (χ3v) is 4.01. The lowest BCUT2D eigenvalue weighted by Gasteiger charge is -2.36. The zero-order chi connectivity index (χ0) is 12.3. The number of nitrogens with zero attached hydrogens (tertiary/aromatic N) is 1. The van der Waals surface area contributed by atoms with E-state index in [4.69, 9.17) is 4.74 Å². The van der Waals surface area contributed by atoms with Crippen molar-refractivity contribution in [3.8, 4) is 0 Å². The third-order valence-electron chi connectivity index (χ3n) is 4.01. The highest BCUT2D eigenvalue weighted by atomic mass is 16.5. The molecule has 0 aromatic carbocycles. The monoisotopic (exact) mass is 240 g/mol. The molecule has 0 saturated carbocycles. The quantitative estimate of drug-likeness (QED) is 0.732. The second kappa shape index (κ2) is 5.83. The van der Waals surface area contributed by atoms with Gasteiger partial charge in [-0.15, -0.1) is 0 Å². The van der Waals surface area contributed by atoms with Gasteiger partial charge in [-0.05, 0) is 39.2 Å². The molecule has 0 aromatic heterocycles. The minimum Gasteiger partial charge on any atom is -0.465 e. The topological polar surface area (TPSA) is 41.6 Å². The van der Waals surface area contributed by atoms with Crippen LogP contribution in [0.3, 0.4) is 0 Å². The predicted octanol–water partition coefficient (Wildman–Crippen LogP) is 1.15. The largest absolute Gasteiger partial charge is 0.465 e. The number of hydrogen-bond donors (Lipinski definition) is 1. The average molecular weight is 240 g/mol. The molecule has 2 aliphatic rings. The molecule has 0 aromatic rings. The van der Waals surface area contributed by atoms with Crippen LogP contribution in [0, 0.1) is 0 Å². The molecule has 0 amide bonds. The molecule has 4 nitrogen and oxygen atoms in total. The third kappa shape index (κ3) is 3.19. The minimum atomic E-state index is -0.0831. The fraction of sp³-hybridized carbons (Fsp3) is 0.923. The van der Waals surface area contributed by atoms with Gasteiger partial charge in [-0.1, -0.05) is 6.92 Å². The minimum absolute atomic E-state index is 0.0831. The van der Waals surface area contributed by atoms with Crippen LogP contribution in [0.5, 0.6) is 0 Å². The van der Waals surface area contributed by atoms with Gasteiger partial charge in [-0.3, -0.25) is 9.69 Å². The number of likely N-dealkylation sites (N-methyl/N-ethyl adjacent to an activating group) is 1. The summed E-state index contributed by atoms with van der Waals surface area (Å²) in [7, 11) is 0. The second-order valence-electron chi connectivity index (χ2n) is 5.13. The summed E-state index contributed by atoms with van der Waals surface area (Å²) in [6.45, 7) is 5.85. The van der Waals surface area contributed by atoms with Gasteiger partial charge in [0.15, 0.2) is 0 Å². The van der Waals surface area contributed by atoms with Gasteiger partial charge in [-0.25, -0.2) is 0 Å². The molecule has 4 heteroatoms. The smallest absolute Gasteiger partial charge is 0.320 e. The van der Waals surface area contributed by atoms with Crippen molar-refractivity contribution >= 4 is 5.97 Å². The summed E-state index contributed by atoms with van der Waals surface area (Å²) >= 11 is 0. The molecule has 2 atom stereocenters. The van der Waals surface area contributed by atoms with Crippen molar-refractivity contribution < 1.29 is 9.53 Å². The van der Waals surface area contributed by atoms with Crippen molar-refractivity contribution in [1.82, 2.24) is 10.2 Å². The highest BCUT2D eigenvalue weighted by Crippen LogP contribution is 2.29. The van der Waals surface area contributed by atoms with Gasteiger partial charge in [0.1, 0.15) is 0 Å². The Morgan fingerprint density at radius 3 is 2.47 bits per heavy atom. The van der Waals surface area contributed by atoms with E-state index < -0.39 is 0 Å². The fourth-order valence-electron chi connectivity index (χ4n) is 3.20. The Kier molecular flexibility index (Phi) is 4.40. The first-order valence-corrected chi connectivity index (χ1v) is 6.88. The average Bonchev–Trinajstić information content (AvgIpc) is 2.65. The Hall–Kier alpha value is -0.610. The summed E-state index contributed by atoms with van der Waals surface area (Å²) in [5.41, 5.74) is 0.